The third-order valence-corrected chi connectivity index (χ3v) is 1.90. The van der Waals surface area contributed by atoms with Crippen LogP contribution in [0.2, 0.25) is 0 Å². The van der Waals surface area contributed by atoms with Crippen LogP contribution in [0.3, 0.4) is 0 Å². The van der Waals surface area contributed by atoms with Crippen LogP contribution in [0.1, 0.15) is 5.56 Å². The first-order valence-electron chi connectivity index (χ1n) is 4.19. The van der Waals surface area contributed by atoms with E-state index in [-0.39, 0.29) is 0 Å². The molecule has 14 heavy (non-hydrogen) atoms. The molecule has 0 saturated heterocycles. The number of hydrogen-bond donors (Lipinski definition) is 0. The van der Waals surface area contributed by atoms with E-state index >= 15 is 0 Å². The molecule has 66 valence electrons. The molecule has 0 aliphatic rings. The molecular formula is C11H7N3. The molecule has 0 fully saturated rings. The third-order valence-electron chi connectivity index (χ3n) is 1.90. The molecule has 0 N–H and O–H groups in total. The Morgan fingerprint density at radius 2 is 1.93 bits per heavy atom. The van der Waals surface area contributed by atoms with Crippen molar-refractivity contribution in [3.63, 3.8) is 0 Å². The van der Waals surface area contributed by atoms with E-state index in [0.717, 1.165) is 11.3 Å². The second kappa shape index (κ2) is 3.67. The van der Waals surface area contributed by atoms with Crippen molar-refractivity contribution in [2.24, 2.45) is 0 Å². The van der Waals surface area contributed by atoms with E-state index in [1.165, 1.54) is 0 Å². The highest BCUT2D eigenvalue weighted by Crippen LogP contribution is 2.19. The van der Waals surface area contributed by atoms with E-state index in [9.17, 15) is 0 Å². The molecule has 1 aromatic carbocycles. The Labute approximate surface area is 81.7 Å². The maximum Gasteiger partial charge on any atom is 0.0998 e. The first kappa shape index (κ1) is 8.39. The lowest BCUT2D eigenvalue weighted by Gasteiger charge is -2.00. The molecule has 3 heteroatoms. The average Bonchev–Trinajstić information content (AvgIpc) is 2.30. The van der Waals surface area contributed by atoms with Gasteiger partial charge >= 0.3 is 0 Å². The van der Waals surface area contributed by atoms with Crippen molar-refractivity contribution in [1.82, 2.24) is 10.2 Å². The highest BCUT2D eigenvalue weighted by atomic mass is 15.1. The summed E-state index contributed by atoms with van der Waals surface area (Å²) in [5.41, 5.74) is 2.17. The van der Waals surface area contributed by atoms with Crippen molar-refractivity contribution >= 4 is 0 Å². The molecule has 1 aromatic heterocycles. The van der Waals surface area contributed by atoms with Gasteiger partial charge in [0.1, 0.15) is 0 Å². The lowest BCUT2D eigenvalue weighted by Crippen LogP contribution is -1.88. The first-order chi connectivity index (χ1) is 6.92. The minimum Gasteiger partial charge on any atom is -0.192 e. The number of nitrogens with zero attached hydrogens (tertiary/aromatic N) is 3. The zero-order chi connectivity index (χ0) is 9.80. The average molecular weight is 181 g/mol. The van der Waals surface area contributed by atoms with Crippen LogP contribution in [0.15, 0.2) is 42.6 Å². The van der Waals surface area contributed by atoms with Crippen LogP contribution in [-0.4, -0.2) is 10.2 Å². The van der Waals surface area contributed by atoms with Gasteiger partial charge in [-0.15, -0.1) is 0 Å². The van der Waals surface area contributed by atoms with Gasteiger partial charge in [0.25, 0.3) is 0 Å². The number of aromatic nitrogens is 2. The van der Waals surface area contributed by atoms with Crippen LogP contribution < -0.4 is 0 Å². The van der Waals surface area contributed by atoms with E-state index in [2.05, 4.69) is 16.3 Å². The van der Waals surface area contributed by atoms with Gasteiger partial charge in [0, 0.05) is 11.8 Å². The summed E-state index contributed by atoms with van der Waals surface area (Å²) in [7, 11) is 0. The summed E-state index contributed by atoms with van der Waals surface area (Å²) in [4.78, 5) is 0. The van der Waals surface area contributed by atoms with E-state index in [1.807, 2.05) is 24.3 Å². The van der Waals surface area contributed by atoms with Gasteiger partial charge in [-0.25, -0.2) is 0 Å². The molecule has 0 bridgehead atoms. The van der Waals surface area contributed by atoms with Crippen LogP contribution in [0.25, 0.3) is 11.3 Å². The number of nitriles is 1. The Balaban J connectivity index is 2.58. The molecule has 2 rings (SSSR count). The molecule has 0 aliphatic heterocycles. The van der Waals surface area contributed by atoms with Gasteiger partial charge in [-0.1, -0.05) is 18.2 Å². The Morgan fingerprint density at radius 1 is 1.07 bits per heavy atom. The Hall–Kier alpha value is -2.21. The number of hydrogen-bond acceptors (Lipinski definition) is 3. The molecule has 2 aromatic rings. The maximum absolute atomic E-state index is 8.88. The predicted molar refractivity (Wildman–Crippen MR) is 52.2 cm³/mol. The summed E-state index contributed by atoms with van der Waals surface area (Å²) in [6, 6.07) is 13.1. The van der Waals surface area contributed by atoms with E-state index in [4.69, 9.17) is 5.26 Å². The van der Waals surface area contributed by atoms with E-state index < -0.39 is 0 Å². The zero-order valence-corrected chi connectivity index (χ0v) is 7.38. The minimum atomic E-state index is 0.619. The van der Waals surface area contributed by atoms with Crippen LogP contribution in [0, 0.1) is 11.3 Å². The minimum absolute atomic E-state index is 0.619. The van der Waals surface area contributed by atoms with Gasteiger partial charge in [-0.3, -0.25) is 0 Å². The van der Waals surface area contributed by atoms with Gasteiger partial charge in [0.2, 0.25) is 0 Å². The Kier molecular flexibility index (Phi) is 2.20. The zero-order valence-electron chi connectivity index (χ0n) is 7.38. The fourth-order valence-electron chi connectivity index (χ4n) is 1.25. The number of rotatable bonds is 1. The quantitative estimate of drug-likeness (QED) is 0.676. The molecule has 3 nitrogen and oxygen atoms in total. The van der Waals surface area contributed by atoms with Crippen molar-refractivity contribution in [1.29, 1.82) is 5.26 Å². The smallest absolute Gasteiger partial charge is 0.0998 e. The molecule has 0 unspecified atom stereocenters. The van der Waals surface area contributed by atoms with Crippen molar-refractivity contribution in [3.05, 3.63) is 48.2 Å². The lowest BCUT2D eigenvalue weighted by atomic mass is 10.1. The Morgan fingerprint density at radius 3 is 2.64 bits per heavy atom. The molecular weight excluding hydrogens is 174 g/mol. The summed E-state index contributed by atoms with van der Waals surface area (Å²) < 4.78 is 0. The fourth-order valence-corrected chi connectivity index (χ4v) is 1.25. The molecule has 0 saturated carbocycles. The highest BCUT2D eigenvalue weighted by Gasteiger charge is 2.03. The largest absolute Gasteiger partial charge is 0.192 e. The SMILES string of the molecule is N#Cc1ccccc1-c1cccnn1. The van der Waals surface area contributed by atoms with E-state index in [1.54, 1.807) is 18.3 Å². The molecule has 0 radical (unpaired) electrons. The van der Waals surface area contributed by atoms with Crippen LogP contribution >= 0.6 is 0 Å². The van der Waals surface area contributed by atoms with Crippen LogP contribution in [0.5, 0.6) is 0 Å². The van der Waals surface area contributed by atoms with Crippen molar-refractivity contribution < 1.29 is 0 Å². The second-order valence-electron chi connectivity index (χ2n) is 2.77. The third kappa shape index (κ3) is 1.46. The van der Waals surface area contributed by atoms with Crippen LogP contribution in [0.4, 0.5) is 0 Å². The molecule has 0 atom stereocenters. The first-order valence-corrected chi connectivity index (χ1v) is 4.19. The summed E-state index contributed by atoms with van der Waals surface area (Å²) in [6.07, 6.45) is 1.61. The highest BCUT2D eigenvalue weighted by molar-refractivity contribution is 5.66. The topological polar surface area (TPSA) is 49.6 Å². The van der Waals surface area contributed by atoms with Gasteiger partial charge in [-0.2, -0.15) is 15.5 Å². The molecule has 0 aliphatic carbocycles. The van der Waals surface area contributed by atoms with Crippen molar-refractivity contribution in [2.75, 3.05) is 0 Å². The molecule has 0 spiro atoms. The summed E-state index contributed by atoms with van der Waals surface area (Å²) in [5, 5.41) is 16.6. The monoisotopic (exact) mass is 181 g/mol. The summed E-state index contributed by atoms with van der Waals surface area (Å²) in [6.45, 7) is 0. The van der Waals surface area contributed by atoms with Crippen molar-refractivity contribution in [2.45, 2.75) is 0 Å². The van der Waals surface area contributed by atoms with E-state index in [0.29, 0.717) is 5.56 Å². The second-order valence-corrected chi connectivity index (χ2v) is 2.77. The molecule has 0 amide bonds. The predicted octanol–water partition coefficient (Wildman–Crippen LogP) is 2.02. The van der Waals surface area contributed by atoms with Crippen molar-refractivity contribution in [3.8, 4) is 17.3 Å². The normalized spacial score (nSPS) is 9.36. The molecule has 1 heterocycles. The van der Waals surface area contributed by atoms with Gasteiger partial charge in [-0.05, 0) is 18.2 Å². The van der Waals surface area contributed by atoms with Crippen LogP contribution in [-0.2, 0) is 0 Å². The van der Waals surface area contributed by atoms with Gasteiger partial charge in [0.05, 0.1) is 17.3 Å². The maximum atomic E-state index is 8.88. The lowest BCUT2D eigenvalue weighted by molar-refractivity contribution is 1.04. The standard InChI is InChI=1S/C11H7N3/c12-8-9-4-1-2-5-10(9)11-6-3-7-13-14-11/h1-7H. The summed E-state index contributed by atoms with van der Waals surface area (Å²) in [5.74, 6) is 0. The fraction of sp³-hybridized carbons (Fsp3) is 0. The van der Waals surface area contributed by atoms with Gasteiger partial charge < -0.3 is 0 Å². The Bertz CT molecular complexity index is 471. The number of benzene rings is 1. The van der Waals surface area contributed by atoms with Gasteiger partial charge in [0.15, 0.2) is 0 Å². The summed E-state index contributed by atoms with van der Waals surface area (Å²) >= 11 is 0.